The van der Waals surface area contributed by atoms with Crippen LogP contribution < -0.4 is 5.32 Å². The summed E-state index contributed by atoms with van der Waals surface area (Å²) in [6.45, 7) is 3.82. The van der Waals surface area contributed by atoms with E-state index in [9.17, 15) is 4.79 Å². The molecule has 78 valence electrons. The van der Waals surface area contributed by atoms with Crippen molar-refractivity contribution in [2.24, 2.45) is 5.92 Å². The van der Waals surface area contributed by atoms with Crippen molar-refractivity contribution < 1.29 is 15.0 Å². The molecule has 0 radical (unpaired) electrons. The highest BCUT2D eigenvalue weighted by Gasteiger charge is 2.21. The zero-order valence-electron chi connectivity index (χ0n) is 7.83. The predicted molar refractivity (Wildman–Crippen MR) is 51.0 cm³/mol. The molecule has 5 heteroatoms. The van der Waals surface area contributed by atoms with E-state index in [1.54, 1.807) is 13.8 Å². The molecule has 0 amide bonds. The fraction of sp³-hybridized carbons (Fsp3) is 0.875. The number of aliphatic hydroxyl groups excluding tert-OH is 1. The molecule has 0 aliphatic heterocycles. The molecule has 2 unspecified atom stereocenters. The molecule has 4 nitrogen and oxygen atoms in total. The number of rotatable bonds is 6. The van der Waals surface area contributed by atoms with E-state index in [0.29, 0.717) is 0 Å². The third-order valence-electron chi connectivity index (χ3n) is 1.68. The molecule has 0 aromatic heterocycles. The van der Waals surface area contributed by atoms with Gasteiger partial charge in [0.25, 0.3) is 0 Å². The zero-order valence-corrected chi connectivity index (χ0v) is 8.58. The first kappa shape index (κ1) is 12.7. The highest BCUT2D eigenvalue weighted by molar-refractivity contribution is 6.18. The van der Waals surface area contributed by atoms with Gasteiger partial charge in [-0.05, 0) is 5.92 Å². The summed E-state index contributed by atoms with van der Waals surface area (Å²) >= 11 is 5.36. The quantitative estimate of drug-likeness (QED) is 0.550. The van der Waals surface area contributed by atoms with E-state index < -0.39 is 18.1 Å². The van der Waals surface area contributed by atoms with Crippen LogP contribution in [-0.4, -0.2) is 40.8 Å². The Labute approximate surface area is 82.9 Å². The van der Waals surface area contributed by atoms with E-state index >= 15 is 0 Å². The Morgan fingerprint density at radius 3 is 2.38 bits per heavy atom. The highest BCUT2D eigenvalue weighted by atomic mass is 35.5. The Kier molecular flexibility index (Phi) is 6.03. The molecule has 0 spiro atoms. The van der Waals surface area contributed by atoms with Crippen LogP contribution in [-0.2, 0) is 4.79 Å². The standard InChI is InChI=1S/C8H16ClNO3/c1-5(2)7(8(12)13)10-4-6(11)3-9/h5-7,10-11H,3-4H2,1-2H3,(H,12,13). The lowest BCUT2D eigenvalue weighted by Gasteiger charge is -2.19. The van der Waals surface area contributed by atoms with Gasteiger partial charge in [0.2, 0.25) is 0 Å². The summed E-state index contributed by atoms with van der Waals surface area (Å²) in [5, 5.41) is 20.6. The molecule has 0 fully saturated rings. The lowest BCUT2D eigenvalue weighted by Crippen LogP contribution is -2.44. The summed E-state index contributed by atoms with van der Waals surface area (Å²) in [6, 6.07) is -0.627. The smallest absolute Gasteiger partial charge is 0.320 e. The molecular formula is C8H16ClNO3. The van der Waals surface area contributed by atoms with E-state index in [1.807, 2.05) is 0 Å². The van der Waals surface area contributed by atoms with Gasteiger partial charge >= 0.3 is 5.97 Å². The average Bonchev–Trinajstić information content (AvgIpc) is 2.03. The van der Waals surface area contributed by atoms with Gasteiger partial charge < -0.3 is 15.5 Å². The summed E-state index contributed by atoms with van der Waals surface area (Å²) in [7, 11) is 0. The molecule has 0 rings (SSSR count). The van der Waals surface area contributed by atoms with Crippen molar-refractivity contribution in [3.8, 4) is 0 Å². The van der Waals surface area contributed by atoms with Crippen LogP contribution in [0.15, 0.2) is 0 Å². The summed E-state index contributed by atoms with van der Waals surface area (Å²) in [4.78, 5) is 10.7. The molecule has 2 atom stereocenters. The Balaban J connectivity index is 3.90. The maximum absolute atomic E-state index is 10.7. The largest absolute Gasteiger partial charge is 0.480 e. The van der Waals surface area contributed by atoms with Crippen molar-refractivity contribution in [1.82, 2.24) is 5.32 Å². The fourth-order valence-corrected chi connectivity index (χ4v) is 1.03. The van der Waals surface area contributed by atoms with Gasteiger partial charge in [0.05, 0.1) is 6.10 Å². The molecule has 3 N–H and O–H groups in total. The maximum Gasteiger partial charge on any atom is 0.320 e. The molecule has 0 aromatic rings. The third-order valence-corrected chi connectivity index (χ3v) is 2.04. The van der Waals surface area contributed by atoms with Crippen molar-refractivity contribution in [1.29, 1.82) is 0 Å². The summed E-state index contributed by atoms with van der Waals surface area (Å²) in [6.07, 6.45) is -0.692. The molecule has 0 saturated carbocycles. The van der Waals surface area contributed by atoms with Crippen LogP contribution in [0.25, 0.3) is 0 Å². The van der Waals surface area contributed by atoms with Gasteiger partial charge in [-0.2, -0.15) is 0 Å². The molecule has 0 aliphatic carbocycles. The van der Waals surface area contributed by atoms with Crippen LogP contribution in [0.5, 0.6) is 0 Å². The van der Waals surface area contributed by atoms with Crippen molar-refractivity contribution in [3.63, 3.8) is 0 Å². The first-order valence-corrected chi connectivity index (χ1v) is 4.72. The van der Waals surface area contributed by atoms with Gasteiger partial charge in [-0.15, -0.1) is 11.6 Å². The SMILES string of the molecule is CC(C)C(NCC(O)CCl)C(=O)O. The highest BCUT2D eigenvalue weighted by Crippen LogP contribution is 2.01. The molecule has 13 heavy (non-hydrogen) atoms. The van der Waals surface area contributed by atoms with Gasteiger partial charge in [-0.1, -0.05) is 13.8 Å². The molecule has 0 bridgehead atoms. The van der Waals surface area contributed by atoms with Gasteiger partial charge in [0.15, 0.2) is 0 Å². The van der Waals surface area contributed by atoms with E-state index in [1.165, 1.54) is 0 Å². The number of nitrogens with one attached hydrogen (secondary N) is 1. The predicted octanol–water partition coefficient (Wildman–Crippen LogP) is 0.285. The van der Waals surface area contributed by atoms with Crippen LogP contribution in [0.2, 0.25) is 0 Å². The van der Waals surface area contributed by atoms with Gasteiger partial charge in [0, 0.05) is 12.4 Å². The summed E-state index contributed by atoms with van der Waals surface area (Å²) < 4.78 is 0. The van der Waals surface area contributed by atoms with Crippen molar-refractivity contribution >= 4 is 17.6 Å². The number of alkyl halides is 1. The second-order valence-corrected chi connectivity index (χ2v) is 3.58. The van der Waals surface area contributed by atoms with Crippen LogP contribution in [0.4, 0.5) is 0 Å². The summed E-state index contributed by atoms with van der Waals surface area (Å²) in [5.74, 6) is -0.811. The number of carboxylic acids is 1. The number of hydrogen-bond donors (Lipinski definition) is 3. The molecule has 0 saturated heterocycles. The lowest BCUT2D eigenvalue weighted by molar-refractivity contribution is -0.140. The minimum absolute atomic E-state index is 0.0139. The van der Waals surface area contributed by atoms with Crippen LogP contribution >= 0.6 is 11.6 Å². The minimum atomic E-state index is -0.906. The van der Waals surface area contributed by atoms with Gasteiger partial charge in [0.1, 0.15) is 6.04 Å². The zero-order chi connectivity index (χ0) is 10.4. The van der Waals surface area contributed by atoms with Crippen LogP contribution in [0, 0.1) is 5.92 Å². The van der Waals surface area contributed by atoms with Crippen molar-refractivity contribution in [2.75, 3.05) is 12.4 Å². The Morgan fingerprint density at radius 1 is 1.54 bits per heavy atom. The van der Waals surface area contributed by atoms with E-state index in [4.69, 9.17) is 21.8 Å². The van der Waals surface area contributed by atoms with Gasteiger partial charge in [-0.3, -0.25) is 4.79 Å². The number of aliphatic carboxylic acids is 1. The lowest BCUT2D eigenvalue weighted by atomic mass is 10.0. The third kappa shape index (κ3) is 5.08. The Hall–Kier alpha value is -0.320. The maximum atomic E-state index is 10.7. The average molecular weight is 210 g/mol. The van der Waals surface area contributed by atoms with Gasteiger partial charge in [-0.25, -0.2) is 0 Å². The Bertz CT molecular complexity index is 163. The first-order valence-electron chi connectivity index (χ1n) is 4.19. The summed E-state index contributed by atoms with van der Waals surface area (Å²) in [5.41, 5.74) is 0. The Morgan fingerprint density at radius 2 is 2.08 bits per heavy atom. The number of aliphatic hydroxyl groups is 1. The van der Waals surface area contributed by atoms with E-state index in [0.717, 1.165) is 0 Å². The number of hydrogen-bond acceptors (Lipinski definition) is 3. The fourth-order valence-electron chi connectivity index (χ4n) is 0.926. The second-order valence-electron chi connectivity index (χ2n) is 3.28. The van der Waals surface area contributed by atoms with Crippen molar-refractivity contribution in [2.45, 2.75) is 26.0 Å². The molecule has 0 aliphatic rings. The van der Waals surface area contributed by atoms with Crippen molar-refractivity contribution in [3.05, 3.63) is 0 Å². The number of carboxylic acid groups (broad SMARTS) is 1. The monoisotopic (exact) mass is 209 g/mol. The second kappa shape index (κ2) is 6.18. The van der Waals surface area contributed by atoms with E-state index in [-0.39, 0.29) is 18.3 Å². The minimum Gasteiger partial charge on any atom is -0.480 e. The number of carbonyl (C=O) groups is 1. The van der Waals surface area contributed by atoms with E-state index in [2.05, 4.69) is 5.32 Å². The first-order chi connectivity index (χ1) is 5.99. The topological polar surface area (TPSA) is 69.6 Å². The normalized spacial score (nSPS) is 15.8. The molecule has 0 heterocycles. The van der Waals surface area contributed by atoms with Crippen LogP contribution in [0.3, 0.4) is 0 Å². The molecule has 0 aromatic carbocycles. The van der Waals surface area contributed by atoms with Crippen LogP contribution in [0.1, 0.15) is 13.8 Å². The molecular weight excluding hydrogens is 194 g/mol. The number of halogens is 1.